The van der Waals surface area contributed by atoms with Crippen molar-refractivity contribution in [3.05, 3.63) is 18.3 Å². The molecule has 1 aromatic heterocycles. The second-order valence-corrected chi connectivity index (χ2v) is 6.55. The van der Waals surface area contributed by atoms with Crippen LogP contribution >= 0.6 is 0 Å². The van der Waals surface area contributed by atoms with Crippen molar-refractivity contribution in [1.29, 1.82) is 0 Å². The number of amides is 1. The molecule has 1 amide bonds. The Balaban J connectivity index is 1.47. The van der Waals surface area contributed by atoms with Crippen LogP contribution < -0.4 is 4.90 Å². The highest BCUT2D eigenvalue weighted by atomic mass is 16.5. The normalized spacial score (nSPS) is 22.0. The minimum atomic E-state index is 0.242. The summed E-state index contributed by atoms with van der Waals surface area (Å²) in [5.41, 5.74) is 0. The number of aromatic nitrogens is 2. The van der Waals surface area contributed by atoms with Crippen LogP contribution in [-0.4, -0.2) is 84.9 Å². The SMILES string of the molecule is CN(CCC(=O)N1CCOCC1)[C@H]1CCCN(c2cccnn2)C1. The standard InChI is InChI=1S/C17H27N5O2/c1-20(9-6-17(23)21-10-12-24-13-11-21)15-4-3-8-22(14-15)16-5-2-7-18-19-16/h2,5,7,15H,3-4,6,8-14H2,1H3/t15-/m0/s1. The van der Waals surface area contributed by atoms with E-state index in [-0.39, 0.29) is 5.91 Å². The monoisotopic (exact) mass is 333 g/mol. The molecule has 0 aromatic carbocycles. The van der Waals surface area contributed by atoms with Gasteiger partial charge in [-0.2, -0.15) is 5.10 Å². The lowest BCUT2D eigenvalue weighted by atomic mass is 10.0. The van der Waals surface area contributed by atoms with E-state index in [1.807, 2.05) is 17.0 Å². The molecule has 2 aliphatic heterocycles. The summed E-state index contributed by atoms with van der Waals surface area (Å²) in [5, 5.41) is 8.19. The molecule has 3 rings (SSSR count). The molecule has 0 saturated carbocycles. The summed E-state index contributed by atoms with van der Waals surface area (Å²) in [6.07, 6.45) is 4.59. The number of carbonyl (C=O) groups excluding carboxylic acids is 1. The van der Waals surface area contributed by atoms with Gasteiger partial charge in [0.15, 0.2) is 5.82 Å². The summed E-state index contributed by atoms with van der Waals surface area (Å²) >= 11 is 0. The van der Waals surface area contributed by atoms with E-state index >= 15 is 0 Å². The molecule has 132 valence electrons. The van der Waals surface area contributed by atoms with Gasteiger partial charge in [-0.3, -0.25) is 4.79 Å². The molecule has 2 fully saturated rings. The third-order valence-corrected chi connectivity index (χ3v) is 4.94. The minimum absolute atomic E-state index is 0.242. The van der Waals surface area contributed by atoms with Crippen molar-refractivity contribution >= 4 is 11.7 Å². The van der Waals surface area contributed by atoms with Crippen molar-refractivity contribution in [2.45, 2.75) is 25.3 Å². The van der Waals surface area contributed by atoms with Gasteiger partial charge in [-0.25, -0.2) is 0 Å². The predicted molar refractivity (Wildman–Crippen MR) is 91.9 cm³/mol. The summed E-state index contributed by atoms with van der Waals surface area (Å²) in [5.74, 6) is 1.19. The predicted octanol–water partition coefficient (Wildman–Crippen LogP) is 0.626. The van der Waals surface area contributed by atoms with Gasteiger partial charge < -0.3 is 19.4 Å². The van der Waals surface area contributed by atoms with E-state index in [0.717, 1.165) is 45.0 Å². The Labute approximate surface area is 143 Å². The molecule has 0 unspecified atom stereocenters. The molecule has 3 heterocycles. The average Bonchev–Trinajstić information content (AvgIpc) is 2.67. The zero-order valence-electron chi connectivity index (χ0n) is 14.4. The molecule has 24 heavy (non-hydrogen) atoms. The molecule has 1 aromatic rings. The lowest BCUT2D eigenvalue weighted by molar-refractivity contribution is -0.135. The number of carbonyl (C=O) groups is 1. The highest BCUT2D eigenvalue weighted by Crippen LogP contribution is 2.19. The maximum Gasteiger partial charge on any atom is 0.224 e. The van der Waals surface area contributed by atoms with Gasteiger partial charge in [-0.1, -0.05) is 0 Å². The third-order valence-electron chi connectivity index (χ3n) is 4.94. The zero-order valence-corrected chi connectivity index (χ0v) is 14.4. The molecule has 7 nitrogen and oxygen atoms in total. The fourth-order valence-corrected chi connectivity index (χ4v) is 3.41. The Bertz CT molecular complexity index is 521. The Morgan fingerprint density at radius 1 is 1.38 bits per heavy atom. The minimum Gasteiger partial charge on any atom is -0.378 e. The number of rotatable bonds is 5. The van der Waals surface area contributed by atoms with Crippen LogP contribution in [0.25, 0.3) is 0 Å². The quantitative estimate of drug-likeness (QED) is 0.787. The Morgan fingerprint density at radius 3 is 2.96 bits per heavy atom. The van der Waals surface area contributed by atoms with Crippen LogP contribution in [0.2, 0.25) is 0 Å². The van der Waals surface area contributed by atoms with Crippen molar-refractivity contribution in [2.24, 2.45) is 0 Å². The molecule has 1 atom stereocenters. The first-order valence-corrected chi connectivity index (χ1v) is 8.82. The highest BCUT2D eigenvalue weighted by molar-refractivity contribution is 5.76. The fraction of sp³-hybridized carbons (Fsp3) is 0.706. The molecule has 0 N–H and O–H groups in total. The Morgan fingerprint density at radius 2 is 2.21 bits per heavy atom. The van der Waals surface area contributed by atoms with Gasteiger partial charge in [0.25, 0.3) is 0 Å². The molecular formula is C17H27N5O2. The van der Waals surface area contributed by atoms with Gasteiger partial charge in [-0.05, 0) is 32.0 Å². The number of nitrogens with zero attached hydrogens (tertiary/aromatic N) is 5. The maximum absolute atomic E-state index is 12.3. The van der Waals surface area contributed by atoms with E-state index in [0.29, 0.717) is 25.7 Å². The number of hydrogen-bond acceptors (Lipinski definition) is 6. The van der Waals surface area contributed by atoms with Gasteiger partial charge in [0, 0.05) is 51.4 Å². The molecular weight excluding hydrogens is 306 g/mol. The number of ether oxygens (including phenoxy) is 1. The van der Waals surface area contributed by atoms with E-state index < -0.39 is 0 Å². The second-order valence-electron chi connectivity index (χ2n) is 6.55. The van der Waals surface area contributed by atoms with Crippen LogP contribution in [0, 0.1) is 0 Å². The molecule has 0 radical (unpaired) electrons. The van der Waals surface area contributed by atoms with Crippen LogP contribution in [0.5, 0.6) is 0 Å². The molecule has 2 aliphatic rings. The Hall–Kier alpha value is -1.73. The smallest absolute Gasteiger partial charge is 0.224 e. The van der Waals surface area contributed by atoms with Crippen LogP contribution in [0.1, 0.15) is 19.3 Å². The first-order valence-electron chi connectivity index (χ1n) is 8.82. The van der Waals surface area contributed by atoms with Crippen molar-refractivity contribution < 1.29 is 9.53 Å². The highest BCUT2D eigenvalue weighted by Gasteiger charge is 2.25. The van der Waals surface area contributed by atoms with Gasteiger partial charge in [0.05, 0.1) is 13.2 Å². The van der Waals surface area contributed by atoms with Crippen LogP contribution in [0.3, 0.4) is 0 Å². The van der Waals surface area contributed by atoms with Crippen LogP contribution in [-0.2, 0) is 9.53 Å². The summed E-state index contributed by atoms with van der Waals surface area (Å²) in [4.78, 5) is 18.8. The maximum atomic E-state index is 12.3. The first-order chi connectivity index (χ1) is 11.7. The largest absolute Gasteiger partial charge is 0.378 e. The summed E-state index contributed by atoms with van der Waals surface area (Å²) in [7, 11) is 2.12. The van der Waals surface area contributed by atoms with Crippen molar-refractivity contribution in [2.75, 3.05) is 57.9 Å². The van der Waals surface area contributed by atoms with E-state index in [9.17, 15) is 4.79 Å². The van der Waals surface area contributed by atoms with E-state index in [4.69, 9.17) is 4.74 Å². The second kappa shape index (κ2) is 8.39. The number of anilines is 1. The van der Waals surface area contributed by atoms with E-state index in [1.165, 1.54) is 6.42 Å². The molecule has 2 saturated heterocycles. The molecule has 7 heteroatoms. The number of morpholine rings is 1. The van der Waals surface area contributed by atoms with Crippen molar-refractivity contribution in [1.82, 2.24) is 20.0 Å². The number of likely N-dealkylation sites (N-methyl/N-ethyl adjacent to an activating group) is 1. The topological polar surface area (TPSA) is 61.8 Å². The average molecular weight is 333 g/mol. The lowest BCUT2D eigenvalue weighted by Gasteiger charge is -2.38. The third kappa shape index (κ3) is 4.42. The van der Waals surface area contributed by atoms with Crippen molar-refractivity contribution in [3.63, 3.8) is 0 Å². The molecule has 0 spiro atoms. The number of hydrogen-bond donors (Lipinski definition) is 0. The van der Waals surface area contributed by atoms with Gasteiger partial charge in [0.1, 0.15) is 0 Å². The lowest BCUT2D eigenvalue weighted by Crippen LogP contribution is -2.48. The van der Waals surface area contributed by atoms with Gasteiger partial charge >= 0.3 is 0 Å². The first kappa shape index (κ1) is 17.1. The van der Waals surface area contributed by atoms with E-state index in [2.05, 4.69) is 27.0 Å². The Kier molecular flexibility index (Phi) is 5.98. The van der Waals surface area contributed by atoms with Gasteiger partial charge in [0.2, 0.25) is 5.91 Å². The van der Waals surface area contributed by atoms with Gasteiger partial charge in [-0.15, -0.1) is 5.10 Å². The van der Waals surface area contributed by atoms with Crippen LogP contribution in [0.15, 0.2) is 18.3 Å². The number of piperidine rings is 1. The zero-order chi connectivity index (χ0) is 16.8. The summed E-state index contributed by atoms with van der Waals surface area (Å²) in [6.45, 7) is 5.55. The summed E-state index contributed by atoms with van der Waals surface area (Å²) in [6, 6.07) is 4.40. The van der Waals surface area contributed by atoms with Crippen molar-refractivity contribution in [3.8, 4) is 0 Å². The fourth-order valence-electron chi connectivity index (χ4n) is 3.41. The van der Waals surface area contributed by atoms with E-state index in [1.54, 1.807) is 6.20 Å². The summed E-state index contributed by atoms with van der Waals surface area (Å²) < 4.78 is 5.30. The molecule has 0 aliphatic carbocycles. The molecule has 0 bridgehead atoms. The van der Waals surface area contributed by atoms with Crippen LogP contribution in [0.4, 0.5) is 5.82 Å².